The van der Waals surface area contributed by atoms with E-state index in [1.54, 1.807) is 6.33 Å². The van der Waals surface area contributed by atoms with Gasteiger partial charge in [-0.1, -0.05) is 30.3 Å². The van der Waals surface area contributed by atoms with Gasteiger partial charge in [0.15, 0.2) is 0 Å². The quantitative estimate of drug-likeness (QED) is 0.736. The van der Waals surface area contributed by atoms with Crippen molar-refractivity contribution in [2.75, 3.05) is 13.2 Å². The van der Waals surface area contributed by atoms with Gasteiger partial charge < -0.3 is 10.1 Å². The third-order valence-corrected chi connectivity index (χ3v) is 4.33. The minimum Gasteiger partial charge on any atom is -0.492 e. The standard InChI is InChI=1S/C18H20N4O/c1-2-4-15-11-17(7-5-14(15)3-1)23-10-9-19-16-6-8-18-20-13-21-22(18)12-16/h1-5,7,11,13,16,19H,6,8-10,12H2/t16-/m0/s1. The number of fused-ring (bicyclic) bond motifs is 2. The second kappa shape index (κ2) is 6.38. The van der Waals surface area contributed by atoms with E-state index in [1.807, 2.05) is 10.7 Å². The highest BCUT2D eigenvalue weighted by Crippen LogP contribution is 2.20. The van der Waals surface area contributed by atoms with Gasteiger partial charge in [-0.3, -0.25) is 0 Å². The van der Waals surface area contributed by atoms with Crippen LogP contribution in [0.5, 0.6) is 5.75 Å². The van der Waals surface area contributed by atoms with Crippen LogP contribution in [0.25, 0.3) is 10.8 Å². The van der Waals surface area contributed by atoms with Gasteiger partial charge in [0.2, 0.25) is 0 Å². The van der Waals surface area contributed by atoms with E-state index >= 15 is 0 Å². The molecular weight excluding hydrogens is 288 g/mol. The largest absolute Gasteiger partial charge is 0.492 e. The fourth-order valence-electron chi connectivity index (χ4n) is 3.09. The van der Waals surface area contributed by atoms with E-state index in [1.165, 1.54) is 10.8 Å². The normalized spacial score (nSPS) is 17.1. The molecule has 0 aliphatic carbocycles. The predicted molar refractivity (Wildman–Crippen MR) is 89.6 cm³/mol. The molecule has 1 N–H and O–H groups in total. The molecule has 118 valence electrons. The maximum Gasteiger partial charge on any atom is 0.138 e. The predicted octanol–water partition coefficient (Wildman–Crippen LogP) is 2.41. The summed E-state index contributed by atoms with van der Waals surface area (Å²) in [5.41, 5.74) is 0. The Balaban J connectivity index is 1.27. The molecule has 0 unspecified atom stereocenters. The molecule has 1 aliphatic rings. The molecule has 2 heterocycles. The lowest BCUT2D eigenvalue weighted by molar-refractivity contribution is 0.286. The van der Waals surface area contributed by atoms with Gasteiger partial charge in [-0.15, -0.1) is 0 Å². The van der Waals surface area contributed by atoms with Crippen LogP contribution in [0.4, 0.5) is 0 Å². The molecule has 3 aromatic rings. The van der Waals surface area contributed by atoms with Crippen LogP contribution in [0.2, 0.25) is 0 Å². The number of hydrogen-bond acceptors (Lipinski definition) is 4. The third kappa shape index (κ3) is 3.19. The molecule has 5 heteroatoms. The summed E-state index contributed by atoms with van der Waals surface area (Å²) in [7, 11) is 0. The molecule has 0 saturated heterocycles. The van der Waals surface area contributed by atoms with Crippen molar-refractivity contribution in [2.24, 2.45) is 0 Å². The number of rotatable bonds is 5. The van der Waals surface area contributed by atoms with E-state index < -0.39 is 0 Å². The highest BCUT2D eigenvalue weighted by molar-refractivity contribution is 5.83. The Morgan fingerprint density at radius 3 is 3.04 bits per heavy atom. The number of hydrogen-bond donors (Lipinski definition) is 1. The number of benzene rings is 2. The summed E-state index contributed by atoms with van der Waals surface area (Å²) >= 11 is 0. The summed E-state index contributed by atoms with van der Waals surface area (Å²) in [5, 5.41) is 10.2. The average Bonchev–Trinajstić information content (AvgIpc) is 3.06. The molecule has 0 spiro atoms. The van der Waals surface area contributed by atoms with Crippen molar-refractivity contribution in [3.63, 3.8) is 0 Å². The van der Waals surface area contributed by atoms with Gasteiger partial charge in [0.25, 0.3) is 0 Å². The van der Waals surface area contributed by atoms with Crippen LogP contribution in [0.3, 0.4) is 0 Å². The Bertz CT molecular complexity index is 798. The Morgan fingerprint density at radius 1 is 1.17 bits per heavy atom. The highest BCUT2D eigenvalue weighted by Gasteiger charge is 2.18. The van der Waals surface area contributed by atoms with Crippen molar-refractivity contribution in [3.8, 4) is 5.75 Å². The number of aromatic nitrogens is 3. The summed E-state index contributed by atoms with van der Waals surface area (Å²) < 4.78 is 7.85. The Morgan fingerprint density at radius 2 is 2.09 bits per heavy atom. The Labute approximate surface area is 135 Å². The van der Waals surface area contributed by atoms with E-state index in [0.717, 1.165) is 37.5 Å². The lowest BCUT2D eigenvalue weighted by atomic mass is 10.1. The molecule has 0 saturated carbocycles. The topological polar surface area (TPSA) is 52.0 Å². The lowest BCUT2D eigenvalue weighted by Gasteiger charge is -2.23. The molecule has 5 nitrogen and oxygen atoms in total. The van der Waals surface area contributed by atoms with E-state index in [0.29, 0.717) is 12.6 Å². The van der Waals surface area contributed by atoms with E-state index in [-0.39, 0.29) is 0 Å². The van der Waals surface area contributed by atoms with Crippen molar-refractivity contribution in [1.29, 1.82) is 0 Å². The first-order chi connectivity index (χ1) is 11.4. The van der Waals surface area contributed by atoms with Gasteiger partial charge in [0.05, 0.1) is 6.54 Å². The molecule has 23 heavy (non-hydrogen) atoms. The first-order valence-corrected chi connectivity index (χ1v) is 8.10. The molecule has 2 aromatic carbocycles. The highest BCUT2D eigenvalue weighted by atomic mass is 16.5. The number of nitrogens with one attached hydrogen (secondary N) is 1. The van der Waals surface area contributed by atoms with Crippen LogP contribution >= 0.6 is 0 Å². The first-order valence-electron chi connectivity index (χ1n) is 8.10. The van der Waals surface area contributed by atoms with Gasteiger partial charge in [-0.05, 0) is 29.3 Å². The van der Waals surface area contributed by atoms with Gasteiger partial charge in [0, 0.05) is 19.0 Å². The molecule has 0 fully saturated rings. The van der Waals surface area contributed by atoms with E-state index in [4.69, 9.17) is 4.74 Å². The fourth-order valence-corrected chi connectivity index (χ4v) is 3.09. The van der Waals surface area contributed by atoms with Crippen molar-refractivity contribution in [3.05, 3.63) is 54.6 Å². The minimum absolute atomic E-state index is 0.449. The number of nitrogens with zero attached hydrogens (tertiary/aromatic N) is 3. The molecule has 0 radical (unpaired) electrons. The molecule has 1 aliphatic heterocycles. The Hall–Kier alpha value is -2.40. The molecule has 1 aromatic heterocycles. The monoisotopic (exact) mass is 308 g/mol. The molecule has 0 amide bonds. The number of aryl methyl sites for hydroxylation is 1. The molecule has 1 atom stereocenters. The first kappa shape index (κ1) is 14.2. The van der Waals surface area contributed by atoms with Crippen LogP contribution in [-0.4, -0.2) is 34.0 Å². The average molecular weight is 308 g/mol. The van der Waals surface area contributed by atoms with Gasteiger partial charge in [-0.2, -0.15) is 5.10 Å². The second-order valence-corrected chi connectivity index (χ2v) is 5.91. The van der Waals surface area contributed by atoms with Crippen molar-refractivity contribution < 1.29 is 4.74 Å². The van der Waals surface area contributed by atoms with Crippen molar-refractivity contribution in [1.82, 2.24) is 20.1 Å². The van der Waals surface area contributed by atoms with E-state index in [2.05, 4.69) is 51.8 Å². The van der Waals surface area contributed by atoms with E-state index in [9.17, 15) is 0 Å². The summed E-state index contributed by atoms with van der Waals surface area (Å²) in [5.74, 6) is 2.02. The third-order valence-electron chi connectivity index (χ3n) is 4.33. The summed E-state index contributed by atoms with van der Waals surface area (Å²) in [6.07, 6.45) is 3.73. The van der Waals surface area contributed by atoms with Crippen molar-refractivity contribution >= 4 is 10.8 Å². The smallest absolute Gasteiger partial charge is 0.138 e. The molecule has 0 bridgehead atoms. The SMILES string of the molecule is c1ccc2cc(OCCN[C@H]3CCc4ncnn4C3)ccc2c1. The van der Waals surface area contributed by atoms with Crippen LogP contribution in [0, 0.1) is 0 Å². The Kier molecular flexibility index (Phi) is 3.94. The summed E-state index contributed by atoms with van der Waals surface area (Å²) in [6.45, 7) is 2.39. The minimum atomic E-state index is 0.449. The van der Waals surface area contributed by atoms with Crippen molar-refractivity contribution in [2.45, 2.75) is 25.4 Å². The van der Waals surface area contributed by atoms with Gasteiger partial charge in [0.1, 0.15) is 24.5 Å². The van der Waals surface area contributed by atoms with Gasteiger partial charge >= 0.3 is 0 Å². The maximum absolute atomic E-state index is 5.86. The van der Waals surface area contributed by atoms with Crippen LogP contribution in [-0.2, 0) is 13.0 Å². The molecule has 4 rings (SSSR count). The second-order valence-electron chi connectivity index (χ2n) is 5.91. The van der Waals surface area contributed by atoms with Gasteiger partial charge in [-0.25, -0.2) is 9.67 Å². The van der Waals surface area contributed by atoms with Crippen LogP contribution in [0.15, 0.2) is 48.8 Å². The lowest BCUT2D eigenvalue weighted by Crippen LogP contribution is -2.39. The van der Waals surface area contributed by atoms with Crippen LogP contribution < -0.4 is 10.1 Å². The fraction of sp³-hybridized carbons (Fsp3) is 0.333. The zero-order chi connectivity index (χ0) is 15.5. The zero-order valence-corrected chi connectivity index (χ0v) is 13.0. The maximum atomic E-state index is 5.86. The van der Waals surface area contributed by atoms with Crippen LogP contribution in [0.1, 0.15) is 12.2 Å². The molecular formula is C18H20N4O. The number of ether oxygens (including phenoxy) is 1. The summed E-state index contributed by atoms with van der Waals surface area (Å²) in [6, 6.07) is 15.0. The zero-order valence-electron chi connectivity index (χ0n) is 13.0. The summed E-state index contributed by atoms with van der Waals surface area (Å²) in [4.78, 5) is 4.25.